The first-order valence-corrected chi connectivity index (χ1v) is 12.3. The molecule has 0 radical (unpaired) electrons. The normalized spacial score (nSPS) is 17.4. The van der Waals surface area contributed by atoms with Crippen LogP contribution in [0.15, 0.2) is 36.4 Å². The first kappa shape index (κ1) is 27.4. The maximum atomic E-state index is 13.0. The fourth-order valence-electron chi connectivity index (χ4n) is 4.71. The van der Waals surface area contributed by atoms with Crippen molar-refractivity contribution >= 4 is 17.7 Å². The molecule has 2 aromatic carbocycles. The van der Waals surface area contributed by atoms with E-state index in [2.05, 4.69) is 9.64 Å². The summed E-state index contributed by atoms with van der Waals surface area (Å²) in [5.41, 5.74) is 0.719. The largest absolute Gasteiger partial charge is 0.573 e. The summed E-state index contributed by atoms with van der Waals surface area (Å²) in [4.78, 5) is 27.3. The number of halogens is 3. The van der Waals surface area contributed by atoms with Crippen LogP contribution in [0.1, 0.15) is 42.6 Å². The standard InChI is InChI=1S/C26H29F3N2O7/c1-3-35-20-13-17(14-21(36-4-2)22(20)37-26(27,28)29)15-30-11-9-25(10-12-30)16-31(24(34)38-25)19-7-5-18(6-8-19)23(32)33/h5-8,13-14H,3-4,9-12,15-16H2,1-2H3,(H,32,33). The average molecular weight is 539 g/mol. The Hall–Kier alpha value is -3.67. The van der Waals surface area contributed by atoms with Crippen LogP contribution >= 0.6 is 0 Å². The molecule has 4 rings (SSSR count). The number of aromatic carboxylic acids is 1. The first-order valence-electron chi connectivity index (χ1n) is 12.3. The SMILES string of the molecule is CCOc1cc(CN2CCC3(CC2)CN(c2ccc(C(=O)O)cc2)C(=O)O3)cc(OCC)c1OC(F)(F)F. The van der Waals surface area contributed by atoms with Crippen molar-refractivity contribution in [2.75, 3.05) is 37.7 Å². The van der Waals surface area contributed by atoms with E-state index in [0.717, 1.165) is 0 Å². The van der Waals surface area contributed by atoms with Crippen molar-refractivity contribution in [1.29, 1.82) is 0 Å². The number of hydrogen-bond acceptors (Lipinski definition) is 7. The summed E-state index contributed by atoms with van der Waals surface area (Å²) in [5.74, 6) is -1.65. The van der Waals surface area contributed by atoms with Crippen molar-refractivity contribution in [2.24, 2.45) is 0 Å². The van der Waals surface area contributed by atoms with Gasteiger partial charge in [-0.3, -0.25) is 9.80 Å². The number of likely N-dealkylation sites (tertiary alicyclic amines) is 1. The van der Waals surface area contributed by atoms with Crippen LogP contribution < -0.4 is 19.1 Å². The zero-order chi connectivity index (χ0) is 27.5. The lowest BCUT2D eigenvalue weighted by Crippen LogP contribution is -2.46. The molecule has 2 saturated heterocycles. The van der Waals surface area contributed by atoms with Crippen molar-refractivity contribution in [3.63, 3.8) is 0 Å². The Morgan fingerprint density at radius 2 is 1.63 bits per heavy atom. The number of carbonyl (C=O) groups is 2. The highest BCUT2D eigenvalue weighted by Gasteiger charge is 2.47. The van der Waals surface area contributed by atoms with Gasteiger partial charge < -0.3 is 24.1 Å². The molecule has 2 aliphatic heterocycles. The second-order valence-electron chi connectivity index (χ2n) is 9.10. The third-order valence-electron chi connectivity index (χ3n) is 6.47. The van der Waals surface area contributed by atoms with Crippen LogP contribution in [0.5, 0.6) is 17.2 Å². The number of piperidine rings is 1. The number of carboxylic acid groups (broad SMARTS) is 1. The smallest absolute Gasteiger partial charge is 0.490 e. The second kappa shape index (κ2) is 11.0. The fraction of sp³-hybridized carbons (Fsp3) is 0.462. The van der Waals surface area contributed by atoms with Crippen LogP contribution in [0.25, 0.3) is 0 Å². The summed E-state index contributed by atoms with van der Waals surface area (Å²) in [7, 11) is 0. The zero-order valence-corrected chi connectivity index (χ0v) is 21.0. The van der Waals surface area contributed by atoms with Crippen LogP contribution in [0.2, 0.25) is 0 Å². The van der Waals surface area contributed by atoms with Gasteiger partial charge in [-0.05, 0) is 55.8 Å². The Labute approximate surface area is 217 Å². The van der Waals surface area contributed by atoms with E-state index in [9.17, 15) is 22.8 Å². The van der Waals surface area contributed by atoms with Crippen molar-refractivity contribution in [1.82, 2.24) is 4.90 Å². The van der Waals surface area contributed by atoms with Gasteiger partial charge >= 0.3 is 18.4 Å². The molecule has 0 bridgehead atoms. The van der Waals surface area contributed by atoms with Gasteiger partial charge in [0.15, 0.2) is 11.5 Å². The highest BCUT2D eigenvalue weighted by atomic mass is 19.4. The minimum atomic E-state index is -4.90. The number of anilines is 1. The summed E-state index contributed by atoms with van der Waals surface area (Å²) in [5, 5.41) is 9.09. The molecule has 12 heteroatoms. The fourth-order valence-corrected chi connectivity index (χ4v) is 4.71. The van der Waals surface area contributed by atoms with Gasteiger partial charge in [-0.2, -0.15) is 0 Å². The summed E-state index contributed by atoms with van der Waals surface area (Å²) in [6.07, 6.45) is -4.25. The number of nitrogens with zero attached hydrogens (tertiary/aromatic N) is 2. The van der Waals surface area contributed by atoms with Gasteiger partial charge in [0.25, 0.3) is 0 Å². The number of rotatable bonds is 9. The van der Waals surface area contributed by atoms with Crippen LogP contribution in [-0.2, 0) is 11.3 Å². The molecule has 9 nitrogen and oxygen atoms in total. The van der Waals surface area contributed by atoms with Gasteiger partial charge in [-0.25, -0.2) is 9.59 Å². The average Bonchev–Trinajstić information content (AvgIpc) is 3.18. The highest BCUT2D eigenvalue weighted by Crippen LogP contribution is 2.43. The maximum Gasteiger partial charge on any atom is 0.573 e. The molecule has 2 heterocycles. The molecule has 0 saturated carbocycles. The predicted molar refractivity (Wildman–Crippen MR) is 130 cm³/mol. The summed E-state index contributed by atoms with van der Waals surface area (Å²) in [6, 6.07) is 9.09. The maximum absolute atomic E-state index is 13.0. The molecule has 0 atom stereocenters. The molecule has 1 spiro atoms. The minimum Gasteiger partial charge on any atom is -0.490 e. The zero-order valence-electron chi connectivity index (χ0n) is 21.0. The topological polar surface area (TPSA) is 97.8 Å². The van der Waals surface area contributed by atoms with E-state index in [0.29, 0.717) is 50.3 Å². The number of benzene rings is 2. The Balaban J connectivity index is 1.44. The molecule has 1 N–H and O–H groups in total. The van der Waals surface area contributed by atoms with Crippen molar-refractivity contribution in [3.05, 3.63) is 47.5 Å². The van der Waals surface area contributed by atoms with E-state index in [1.54, 1.807) is 26.0 Å². The Kier molecular flexibility index (Phi) is 7.91. The lowest BCUT2D eigenvalue weighted by Gasteiger charge is -2.37. The molecule has 2 fully saturated rings. The molecule has 0 aromatic heterocycles. The summed E-state index contributed by atoms with van der Waals surface area (Å²) >= 11 is 0. The lowest BCUT2D eigenvalue weighted by atomic mass is 9.91. The molecule has 0 aliphatic carbocycles. The Morgan fingerprint density at radius 3 is 2.13 bits per heavy atom. The number of carbonyl (C=O) groups excluding carboxylic acids is 1. The van der Waals surface area contributed by atoms with Crippen molar-refractivity contribution in [2.45, 2.75) is 45.2 Å². The van der Waals surface area contributed by atoms with E-state index < -0.39 is 29.8 Å². The van der Waals surface area contributed by atoms with Gasteiger partial charge in [-0.15, -0.1) is 13.2 Å². The Morgan fingerprint density at radius 1 is 1.05 bits per heavy atom. The van der Waals surface area contributed by atoms with E-state index in [1.165, 1.54) is 29.2 Å². The van der Waals surface area contributed by atoms with Gasteiger partial charge in [0.2, 0.25) is 5.75 Å². The molecule has 0 unspecified atom stereocenters. The van der Waals surface area contributed by atoms with E-state index >= 15 is 0 Å². The Bertz CT molecular complexity index is 1140. The number of amides is 1. The second-order valence-corrected chi connectivity index (χ2v) is 9.10. The van der Waals surface area contributed by atoms with Gasteiger partial charge in [0.1, 0.15) is 5.60 Å². The van der Waals surface area contributed by atoms with Gasteiger partial charge in [0, 0.05) is 38.2 Å². The lowest BCUT2D eigenvalue weighted by molar-refractivity contribution is -0.275. The molecule has 2 aliphatic rings. The van der Waals surface area contributed by atoms with Gasteiger partial charge in [0.05, 0.1) is 25.3 Å². The molecule has 1 amide bonds. The van der Waals surface area contributed by atoms with E-state index in [-0.39, 0.29) is 30.3 Å². The number of ether oxygens (including phenoxy) is 4. The molecule has 38 heavy (non-hydrogen) atoms. The molecule has 2 aromatic rings. The van der Waals surface area contributed by atoms with Crippen molar-refractivity contribution in [3.8, 4) is 17.2 Å². The number of hydrogen-bond donors (Lipinski definition) is 1. The molecular formula is C26H29F3N2O7. The van der Waals surface area contributed by atoms with Crippen LogP contribution in [-0.4, -0.2) is 66.9 Å². The first-order chi connectivity index (χ1) is 18.0. The van der Waals surface area contributed by atoms with Crippen LogP contribution in [0.4, 0.5) is 23.7 Å². The minimum absolute atomic E-state index is 0.0477. The van der Waals surface area contributed by atoms with Crippen molar-refractivity contribution < 1.29 is 46.8 Å². The van der Waals surface area contributed by atoms with E-state index in [1.807, 2.05) is 0 Å². The van der Waals surface area contributed by atoms with Gasteiger partial charge in [-0.1, -0.05) is 0 Å². The molecular weight excluding hydrogens is 509 g/mol. The third-order valence-corrected chi connectivity index (χ3v) is 6.47. The van der Waals surface area contributed by atoms with E-state index in [4.69, 9.17) is 19.3 Å². The third kappa shape index (κ3) is 6.24. The van der Waals surface area contributed by atoms with Crippen LogP contribution in [0.3, 0.4) is 0 Å². The quantitative estimate of drug-likeness (QED) is 0.473. The monoisotopic (exact) mass is 538 g/mol. The predicted octanol–water partition coefficient (Wildman–Crippen LogP) is 5.07. The molecule has 206 valence electrons. The van der Waals surface area contributed by atoms with Crippen LogP contribution in [0, 0.1) is 0 Å². The number of carboxylic acids is 1. The highest BCUT2D eigenvalue weighted by molar-refractivity contribution is 5.92. The summed E-state index contributed by atoms with van der Waals surface area (Å²) in [6.45, 7) is 5.59. The number of alkyl halides is 3. The summed E-state index contributed by atoms with van der Waals surface area (Å²) < 4.78 is 59.9.